The van der Waals surface area contributed by atoms with Gasteiger partial charge in [0.05, 0.1) is 25.4 Å². The van der Waals surface area contributed by atoms with Gasteiger partial charge in [-0.05, 0) is 57.8 Å². The van der Waals surface area contributed by atoms with Crippen molar-refractivity contribution in [2.75, 3.05) is 13.2 Å². The molecule has 0 aliphatic carbocycles. The molecular formula is C59H113NO5. The van der Waals surface area contributed by atoms with Crippen LogP contribution in [0.25, 0.3) is 0 Å². The van der Waals surface area contributed by atoms with Crippen LogP contribution in [0.15, 0.2) is 24.3 Å². The lowest BCUT2D eigenvalue weighted by atomic mass is 10.0. The van der Waals surface area contributed by atoms with Gasteiger partial charge in [-0.3, -0.25) is 9.59 Å². The minimum absolute atomic E-state index is 0.0279. The summed E-state index contributed by atoms with van der Waals surface area (Å²) in [4.78, 5) is 24.5. The fourth-order valence-electron chi connectivity index (χ4n) is 8.98. The van der Waals surface area contributed by atoms with Crippen molar-refractivity contribution >= 4 is 11.9 Å². The summed E-state index contributed by atoms with van der Waals surface area (Å²) < 4.78 is 5.46. The van der Waals surface area contributed by atoms with E-state index in [4.69, 9.17) is 4.74 Å². The molecule has 0 aromatic heterocycles. The number of allylic oxidation sites excluding steroid dienone is 3. The van der Waals surface area contributed by atoms with Crippen molar-refractivity contribution in [3.63, 3.8) is 0 Å². The van der Waals surface area contributed by atoms with Crippen LogP contribution in [0.4, 0.5) is 0 Å². The van der Waals surface area contributed by atoms with Gasteiger partial charge in [0.15, 0.2) is 0 Å². The largest absolute Gasteiger partial charge is 0.466 e. The monoisotopic (exact) mass is 916 g/mol. The van der Waals surface area contributed by atoms with Crippen LogP contribution in [0.1, 0.15) is 316 Å². The highest BCUT2D eigenvalue weighted by molar-refractivity contribution is 5.76. The van der Waals surface area contributed by atoms with E-state index in [1.165, 1.54) is 205 Å². The number of aliphatic hydroxyl groups is 2. The Bertz CT molecular complexity index is 1010. The van der Waals surface area contributed by atoms with Crippen molar-refractivity contribution in [3.05, 3.63) is 24.3 Å². The Morgan fingerprint density at radius 1 is 0.415 bits per heavy atom. The fourth-order valence-corrected chi connectivity index (χ4v) is 8.98. The number of nitrogens with one attached hydrogen (secondary N) is 1. The predicted octanol–water partition coefficient (Wildman–Crippen LogP) is 17.9. The number of hydrogen-bond acceptors (Lipinski definition) is 5. The van der Waals surface area contributed by atoms with Crippen molar-refractivity contribution in [2.45, 2.75) is 328 Å². The van der Waals surface area contributed by atoms with E-state index in [9.17, 15) is 19.8 Å². The molecule has 0 aliphatic heterocycles. The van der Waals surface area contributed by atoms with Crippen LogP contribution >= 0.6 is 0 Å². The standard InChI is InChI=1S/C59H113NO5/c1-3-5-7-9-11-13-15-17-19-21-23-25-27-29-33-37-41-45-49-53-59(64)65-54-50-46-42-38-34-30-32-36-40-44-48-52-58(63)60-56(55-61)57(62)51-47-43-39-35-31-28-26-24-22-20-18-16-14-12-10-8-6-4-2/h34,38,47,51,56-57,61-62H,3-33,35-37,39-46,48-50,52-55H2,1-2H3,(H,60,63)/b38-34-,51-47+. The zero-order valence-corrected chi connectivity index (χ0v) is 43.7. The van der Waals surface area contributed by atoms with Crippen LogP contribution in [0.3, 0.4) is 0 Å². The van der Waals surface area contributed by atoms with Crippen molar-refractivity contribution in [3.8, 4) is 0 Å². The van der Waals surface area contributed by atoms with Gasteiger partial charge in [0.1, 0.15) is 0 Å². The Balaban J connectivity index is 3.51. The van der Waals surface area contributed by atoms with Gasteiger partial charge in [0.25, 0.3) is 0 Å². The molecule has 0 aliphatic rings. The summed E-state index contributed by atoms with van der Waals surface area (Å²) in [7, 11) is 0. The number of aliphatic hydroxyl groups excluding tert-OH is 2. The normalized spacial score (nSPS) is 12.7. The second-order valence-corrected chi connectivity index (χ2v) is 20.0. The van der Waals surface area contributed by atoms with E-state index in [1.54, 1.807) is 6.08 Å². The maximum absolute atomic E-state index is 12.5. The van der Waals surface area contributed by atoms with Crippen LogP contribution in [0, 0.1) is 0 Å². The zero-order chi connectivity index (χ0) is 47.2. The van der Waals surface area contributed by atoms with Crippen LogP contribution in [0.5, 0.6) is 0 Å². The lowest BCUT2D eigenvalue weighted by Crippen LogP contribution is -2.45. The van der Waals surface area contributed by atoms with Crippen molar-refractivity contribution < 1.29 is 24.5 Å². The molecule has 6 heteroatoms. The first kappa shape index (κ1) is 63.3. The fraction of sp³-hybridized carbons (Fsp3) is 0.898. The second kappa shape index (κ2) is 54.9. The zero-order valence-electron chi connectivity index (χ0n) is 43.7. The average molecular weight is 917 g/mol. The van der Waals surface area contributed by atoms with E-state index in [0.717, 1.165) is 83.5 Å². The van der Waals surface area contributed by atoms with Gasteiger partial charge in [0.2, 0.25) is 5.91 Å². The number of rotatable bonds is 54. The summed E-state index contributed by atoms with van der Waals surface area (Å²) in [5, 5.41) is 23.1. The maximum atomic E-state index is 12.5. The molecule has 0 aromatic carbocycles. The number of esters is 1. The Morgan fingerprint density at radius 3 is 1.09 bits per heavy atom. The topological polar surface area (TPSA) is 95.9 Å². The lowest BCUT2D eigenvalue weighted by Gasteiger charge is -2.20. The molecule has 1 amide bonds. The highest BCUT2D eigenvalue weighted by Gasteiger charge is 2.18. The molecule has 0 aromatic rings. The summed E-state index contributed by atoms with van der Waals surface area (Å²) in [5.74, 6) is -0.122. The molecule has 0 saturated carbocycles. The Hall–Kier alpha value is -1.66. The molecule has 0 rings (SSSR count). The molecule has 6 nitrogen and oxygen atoms in total. The number of hydrogen-bond donors (Lipinski definition) is 3. The van der Waals surface area contributed by atoms with Gasteiger partial charge in [-0.25, -0.2) is 0 Å². The average Bonchev–Trinajstić information content (AvgIpc) is 3.31. The summed E-state index contributed by atoms with van der Waals surface area (Å²) >= 11 is 0. The van der Waals surface area contributed by atoms with Gasteiger partial charge >= 0.3 is 5.97 Å². The van der Waals surface area contributed by atoms with E-state index in [0.29, 0.717) is 19.4 Å². The molecule has 3 N–H and O–H groups in total. The van der Waals surface area contributed by atoms with Crippen LogP contribution < -0.4 is 5.32 Å². The maximum Gasteiger partial charge on any atom is 0.305 e. The van der Waals surface area contributed by atoms with Crippen LogP contribution in [-0.2, 0) is 14.3 Å². The van der Waals surface area contributed by atoms with E-state index < -0.39 is 12.1 Å². The third-order valence-corrected chi connectivity index (χ3v) is 13.5. The number of carbonyl (C=O) groups is 2. The number of carbonyl (C=O) groups excluding carboxylic acids is 2. The molecule has 384 valence electrons. The molecule has 0 bridgehead atoms. The third-order valence-electron chi connectivity index (χ3n) is 13.5. The molecule has 0 heterocycles. The van der Waals surface area contributed by atoms with E-state index in [-0.39, 0.29) is 18.5 Å². The number of unbranched alkanes of at least 4 members (excludes halogenated alkanes) is 41. The summed E-state index contributed by atoms with van der Waals surface area (Å²) in [6.45, 7) is 4.85. The van der Waals surface area contributed by atoms with Crippen LogP contribution in [-0.4, -0.2) is 47.4 Å². The molecule has 65 heavy (non-hydrogen) atoms. The molecule has 0 saturated heterocycles. The molecular weight excluding hydrogens is 803 g/mol. The molecule has 0 fully saturated rings. The first-order valence-electron chi connectivity index (χ1n) is 29.1. The van der Waals surface area contributed by atoms with E-state index >= 15 is 0 Å². The third kappa shape index (κ3) is 51.6. The van der Waals surface area contributed by atoms with Crippen LogP contribution in [0.2, 0.25) is 0 Å². The first-order valence-corrected chi connectivity index (χ1v) is 29.1. The van der Waals surface area contributed by atoms with Gasteiger partial charge in [0, 0.05) is 12.8 Å². The molecule has 0 spiro atoms. The molecule has 0 radical (unpaired) electrons. The van der Waals surface area contributed by atoms with Gasteiger partial charge in [-0.15, -0.1) is 0 Å². The number of ether oxygens (including phenoxy) is 1. The van der Waals surface area contributed by atoms with Crippen molar-refractivity contribution in [1.29, 1.82) is 0 Å². The van der Waals surface area contributed by atoms with E-state index in [1.807, 2.05) is 6.08 Å². The summed E-state index contributed by atoms with van der Waals surface area (Å²) in [5.41, 5.74) is 0. The highest BCUT2D eigenvalue weighted by atomic mass is 16.5. The quantitative estimate of drug-likeness (QED) is 0.0321. The minimum Gasteiger partial charge on any atom is -0.466 e. The predicted molar refractivity (Wildman–Crippen MR) is 283 cm³/mol. The highest BCUT2D eigenvalue weighted by Crippen LogP contribution is 2.17. The minimum atomic E-state index is -0.862. The Labute approximate surface area is 405 Å². The van der Waals surface area contributed by atoms with Crippen molar-refractivity contribution in [1.82, 2.24) is 5.32 Å². The second-order valence-electron chi connectivity index (χ2n) is 20.0. The van der Waals surface area contributed by atoms with Gasteiger partial charge in [-0.1, -0.05) is 269 Å². The van der Waals surface area contributed by atoms with Crippen molar-refractivity contribution in [2.24, 2.45) is 0 Å². The molecule has 2 unspecified atom stereocenters. The Kier molecular flexibility index (Phi) is 53.5. The first-order chi connectivity index (χ1) is 32.0. The van der Waals surface area contributed by atoms with Gasteiger partial charge in [-0.2, -0.15) is 0 Å². The van der Waals surface area contributed by atoms with E-state index in [2.05, 4.69) is 31.3 Å². The van der Waals surface area contributed by atoms with Gasteiger partial charge < -0.3 is 20.3 Å². The lowest BCUT2D eigenvalue weighted by molar-refractivity contribution is -0.143. The number of amides is 1. The Morgan fingerprint density at radius 2 is 0.723 bits per heavy atom. The smallest absolute Gasteiger partial charge is 0.305 e. The SMILES string of the molecule is CCCCCCCCCCCCCCCCCC/C=C/C(O)C(CO)NC(=O)CCCCCCC/C=C\CCCCOC(=O)CCCCCCCCCCCCCCCCCCCCC. The summed E-state index contributed by atoms with van der Waals surface area (Å²) in [6.07, 6.45) is 66.3. The summed E-state index contributed by atoms with van der Waals surface area (Å²) in [6, 6.07) is -0.649. The molecule has 2 atom stereocenters.